The quantitative estimate of drug-likeness (QED) is 0.695. The molecule has 10 heteroatoms. The first-order valence-corrected chi connectivity index (χ1v) is 10.0. The topological polar surface area (TPSA) is 81.1 Å². The van der Waals surface area contributed by atoms with Gasteiger partial charge >= 0.3 is 5.97 Å². The van der Waals surface area contributed by atoms with Crippen molar-refractivity contribution in [2.24, 2.45) is 5.73 Å². The molecule has 0 aliphatic heterocycles. The first-order chi connectivity index (χ1) is 12.0. The van der Waals surface area contributed by atoms with E-state index in [1.54, 1.807) is 6.20 Å². The fourth-order valence-electron chi connectivity index (χ4n) is 2.84. The Labute approximate surface area is 163 Å². The Hall–Kier alpha value is -1.29. The fraction of sp³-hybridized carbons (Fsp3) is 0.375. The number of carbonyl (C=O) groups is 1. The third kappa shape index (κ3) is 4.70. The predicted molar refractivity (Wildman–Crippen MR) is 101 cm³/mol. The van der Waals surface area contributed by atoms with E-state index in [1.165, 1.54) is 33.7 Å². The maximum atomic E-state index is 13.5. The van der Waals surface area contributed by atoms with Crippen molar-refractivity contribution < 1.29 is 18.7 Å². The van der Waals surface area contributed by atoms with Gasteiger partial charge in [-0.25, -0.2) is 13.8 Å². The zero-order chi connectivity index (χ0) is 18.0. The number of halogens is 3. The third-order valence-electron chi connectivity index (χ3n) is 4.17. The molecular weight excluding hydrogens is 404 g/mol. The summed E-state index contributed by atoms with van der Waals surface area (Å²) in [5.41, 5.74) is 7.16. The molecule has 3 rings (SSSR count). The standard InChI is InChI=1S/C16H17F2N3O2S2.ClH/c17-12-6-9-1-2-11(5-10(9)7-13(12)18)21-4-3-20-16(21)25-24-8-14(19)15(22)23;/h3-4,6-7,11,14H,1-2,5,8,19H2,(H,22,23);1H. The van der Waals surface area contributed by atoms with Crippen LogP contribution in [0, 0.1) is 11.6 Å². The number of hydrogen-bond acceptors (Lipinski definition) is 5. The minimum Gasteiger partial charge on any atom is -0.480 e. The summed E-state index contributed by atoms with van der Waals surface area (Å²) in [5, 5.41) is 9.56. The van der Waals surface area contributed by atoms with Gasteiger partial charge in [-0.15, -0.1) is 12.4 Å². The molecule has 0 saturated heterocycles. The Bertz CT molecular complexity index is 791. The van der Waals surface area contributed by atoms with E-state index in [9.17, 15) is 13.6 Å². The van der Waals surface area contributed by atoms with Crippen LogP contribution in [0.5, 0.6) is 0 Å². The second-order valence-electron chi connectivity index (χ2n) is 5.86. The predicted octanol–water partition coefficient (Wildman–Crippen LogP) is 3.47. The van der Waals surface area contributed by atoms with Crippen molar-refractivity contribution in [3.05, 3.63) is 47.3 Å². The summed E-state index contributed by atoms with van der Waals surface area (Å²) in [6.45, 7) is 0. The summed E-state index contributed by atoms with van der Waals surface area (Å²) in [6, 6.07) is 1.76. The van der Waals surface area contributed by atoms with Crippen LogP contribution in [0.2, 0.25) is 0 Å². The molecule has 1 aliphatic carbocycles. The minimum atomic E-state index is -1.03. The maximum absolute atomic E-state index is 13.5. The van der Waals surface area contributed by atoms with Gasteiger partial charge in [0.25, 0.3) is 0 Å². The molecule has 2 aromatic rings. The number of aliphatic carboxylic acids is 1. The van der Waals surface area contributed by atoms with Crippen molar-refractivity contribution in [1.29, 1.82) is 0 Å². The van der Waals surface area contributed by atoms with Gasteiger partial charge in [-0.3, -0.25) is 4.79 Å². The highest BCUT2D eigenvalue weighted by molar-refractivity contribution is 8.76. The number of fused-ring (bicyclic) bond motifs is 1. The number of carboxylic acid groups (broad SMARTS) is 1. The van der Waals surface area contributed by atoms with E-state index >= 15 is 0 Å². The number of aromatic nitrogens is 2. The summed E-state index contributed by atoms with van der Waals surface area (Å²) >= 11 is 0. The van der Waals surface area contributed by atoms with Gasteiger partial charge in [-0.2, -0.15) is 0 Å². The van der Waals surface area contributed by atoms with Crippen LogP contribution >= 0.6 is 34.0 Å². The molecule has 1 aromatic carbocycles. The van der Waals surface area contributed by atoms with E-state index < -0.39 is 23.6 Å². The molecule has 142 valence electrons. The highest BCUT2D eigenvalue weighted by atomic mass is 35.5. The molecule has 0 radical (unpaired) electrons. The number of hydrogen-bond donors (Lipinski definition) is 2. The molecule has 0 saturated carbocycles. The first kappa shape index (κ1) is 21.0. The van der Waals surface area contributed by atoms with E-state index in [4.69, 9.17) is 10.8 Å². The Balaban J connectivity index is 0.00000243. The van der Waals surface area contributed by atoms with Gasteiger partial charge in [0.15, 0.2) is 16.8 Å². The largest absolute Gasteiger partial charge is 0.480 e. The van der Waals surface area contributed by atoms with Gasteiger partial charge in [-0.05, 0) is 53.3 Å². The molecule has 0 fully saturated rings. The van der Waals surface area contributed by atoms with Gasteiger partial charge in [0.1, 0.15) is 6.04 Å². The molecule has 1 aromatic heterocycles. The number of rotatable bonds is 6. The normalized spacial score (nSPS) is 17.3. The van der Waals surface area contributed by atoms with Crippen molar-refractivity contribution in [2.75, 3.05) is 5.75 Å². The van der Waals surface area contributed by atoms with Crippen molar-refractivity contribution in [2.45, 2.75) is 36.5 Å². The molecule has 0 bridgehead atoms. The fourth-order valence-corrected chi connectivity index (χ4v) is 5.05. The summed E-state index contributed by atoms with van der Waals surface area (Å²) in [7, 11) is 2.70. The average molecular weight is 422 g/mol. The Morgan fingerprint density at radius 3 is 2.77 bits per heavy atom. The van der Waals surface area contributed by atoms with Crippen molar-refractivity contribution in [3.63, 3.8) is 0 Å². The van der Waals surface area contributed by atoms with Crippen LogP contribution in [0.1, 0.15) is 23.6 Å². The van der Waals surface area contributed by atoms with Gasteiger partial charge < -0.3 is 15.4 Å². The Morgan fingerprint density at radius 1 is 1.38 bits per heavy atom. The SMILES string of the molecule is Cl.NC(CSSc1nccn1C1CCc2cc(F)c(F)cc2C1)C(=O)O. The number of nitrogens with zero attached hydrogens (tertiary/aromatic N) is 2. The van der Waals surface area contributed by atoms with Gasteiger partial charge in [0.2, 0.25) is 0 Å². The van der Waals surface area contributed by atoms with E-state index in [0.717, 1.165) is 22.7 Å². The molecule has 0 amide bonds. The molecule has 5 nitrogen and oxygen atoms in total. The first-order valence-electron chi connectivity index (χ1n) is 7.73. The van der Waals surface area contributed by atoms with E-state index in [1.807, 2.05) is 10.8 Å². The number of benzene rings is 1. The summed E-state index contributed by atoms with van der Waals surface area (Å²) < 4.78 is 28.9. The van der Waals surface area contributed by atoms with Crippen LogP contribution in [-0.4, -0.2) is 32.4 Å². The monoisotopic (exact) mass is 421 g/mol. The summed E-state index contributed by atoms with van der Waals surface area (Å²) in [4.78, 5) is 15.1. The van der Waals surface area contributed by atoms with Crippen LogP contribution < -0.4 is 5.73 Å². The van der Waals surface area contributed by atoms with Crippen LogP contribution in [0.25, 0.3) is 0 Å². The number of carboxylic acids is 1. The number of nitrogens with two attached hydrogens (primary N) is 1. The lowest BCUT2D eigenvalue weighted by molar-refractivity contribution is -0.137. The van der Waals surface area contributed by atoms with Gasteiger partial charge in [0, 0.05) is 24.2 Å². The van der Waals surface area contributed by atoms with Crippen LogP contribution in [0.3, 0.4) is 0 Å². The lowest BCUT2D eigenvalue weighted by atomic mass is 9.88. The average Bonchev–Trinajstić information content (AvgIpc) is 3.04. The lowest BCUT2D eigenvalue weighted by Crippen LogP contribution is -2.32. The second-order valence-corrected chi connectivity index (χ2v) is 8.17. The van der Waals surface area contributed by atoms with E-state index in [0.29, 0.717) is 12.8 Å². The summed E-state index contributed by atoms with van der Waals surface area (Å²) in [5.74, 6) is -2.39. The minimum absolute atomic E-state index is 0. The summed E-state index contributed by atoms with van der Waals surface area (Å²) in [6.07, 6.45) is 5.63. The van der Waals surface area contributed by atoms with Crippen molar-refractivity contribution in [1.82, 2.24) is 9.55 Å². The molecule has 3 N–H and O–H groups in total. The lowest BCUT2D eigenvalue weighted by Gasteiger charge is -2.27. The zero-order valence-electron chi connectivity index (χ0n) is 13.6. The van der Waals surface area contributed by atoms with Crippen LogP contribution in [0.15, 0.2) is 29.7 Å². The molecule has 26 heavy (non-hydrogen) atoms. The molecule has 1 heterocycles. The number of imidazole rings is 1. The molecule has 2 unspecified atom stereocenters. The highest BCUT2D eigenvalue weighted by Crippen LogP contribution is 2.36. The van der Waals surface area contributed by atoms with Gasteiger partial charge in [0.05, 0.1) is 0 Å². The molecule has 0 spiro atoms. The van der Waals surface area contributed by atoms with Crippen LogP contribution in [-0.2, 0) is 17.6 Å². The van der Waals surface area contributed by atoms with E-state index in [-0.39, 0.29) is 24.2 Å². The second kappa shape index (κ2) is 9.07. The van der Waals surface area contributed by atoms with Gasteiger partial charge in [-0.1, -0.05) is 10.8 Å². The van der Waals surface area contributed by atoms with E-state index in [2.05, 4.69) is 4.98 Å². The molecule has 2 atom stereocenters. The van der Waals surface area contributed by atoms with Crippen molar-refractivity contribution >= 4 is 40.0 Å². The zero-order valence-corrected chi connectivity index (χ0v) is 16.0. The maximum Gasteiger partial charge on any atom is 0.321 e. The van der Waals surface area contributed by atoms with Crippen LogP contribution in [0.4, 0.5) is 8.78 Å². The molecule has 1 aliphatic rings. The smallest absolute Gasteiger partial charge is 0.321 e. The number of aryl methyl sites for hydroxylation is 1. The Kier molecular flexibility index (Phi) is 7.33. The third-order valence-corrected chi connectivity index (χ3v) is 6.46. The highest BCUT2D eigenvalue weighted by Gasteiger charge is 2.24. The molecular formula is C16H18ClF2N3O2S2. The Morgan fingerprint density at radius 2 is 2.08 bits per heavy atom. The van der Waals surface area contributed by atoms with Crippen molar-refractivity contribution in [3.8, 4) is 0 Å².